The first-order chi connectivity index (χ1) is 12.8. The Balaban J connectivity index is 1.73. The Kier molecular flexibility index (Phi) is 3.64. The maximum absolute atomic E-state index is 6.44. The van der Waals surface area contributed by atoms with Gasteiger partial charge in [-0.1, -0.05) is 42.5 Å². The van der Waals surface area contributed by atoms with Gasteiger partial charge in [0.05, 0.1) is 7.11 Å². The van der Waals surface area contributed by atoms with Crippen LogP contribution in [0, 0.1) is 0 Å². The van der Waals surface area contributed by atoms with Gasteiger partial charge in [-0.3, -0.25) is 0 Å². The number of piperidine rings is 1. The molecule has 0 unspecified atom stereocenters. The van der Waals surface area contributed by atoms with Crippen molar-refractivity contribution in [2.45, 2.75) is 30.7 Å². The van der Waals surface area contributed by atoms with E-state index in [-0.39, 0.29) is 5.41 Å². The van der Waals surface area contributed by atoms with E-state index in [1.807, 2.05) is 30.3 Å². The standard InChI is InChI=1S/C23H23NO2/c1-25-20-11-10-16-15-19-18-9-5-6-12-23(18,13-14-24-19)21(16)22(20)26-17-7-3-2-4-8-17/h2-11,19,24H,12-15H2,1H3/t19-,23-/m1/s1. The molecule has 0 saturated carbocycles. The van der Waals surface area contributed by atoms with Crippen molar-refractivity contribution in [3.05, 3.63) is 77.4 Å². The smallest absolute Gasteiger partial charge is 0.173 e. The Morgan fingerprint density at radius 1 is 1.12 bits per heavy atom. The topological polar surface area (TPSA) is 30.5 Å². The molecule has 26 heavy (non-hydrogen) atoms. The molecule has 0 radical (unpaired) electrons. The number of methoxy groups -OCH3 is 1. The number of hydrogen-bond acceptors (Lipinski definition) is 3. The fraction of sp³-hybridized carbons (Fsp3) is 0.304. The second-order valence-corrected chi connectivity index (χ2v) is 7.34. The summed E-state index contributed by atoms with van der Waals surface area (Å²) in [7, 11) is 1.73. The van der Waals surface area contributed by atoms with E-state index in [0.717, 1.165) is 43.1 Å². The van der Waals surface area contributed by atoms with Crippen LogP contribution in [0.4, 0.5) is 0 Å². The van der Waals surface area contributed by atoms with Gasteiger partial charge in [0.2, 0.25) is 0 Å². The normalized spacial score (nSPS) is 25.7. The SMILES string of the molecule is COc1ccc2c(c1Oc1ccccc1)[C@@]13CC=CC=C1[C@@H](C2)NCC3. The summed E-state index contributed by atoms with van der Waals surface area (Å²) in [5, 5.41) is 3.71. The highest BCUT2D eigenvalue weighted by Gasteiger charge is 2.49. The van der Waals surface area contributed by atoms with E-state index in [1.54, 1.807) is 7.11 Å². The number of ether oxygens (including phenoxy) is 2. The van der Waals surface area contributed by atoms with Crippen LogP contribution in [0.15, 0.2) is 66.3 Å². The van der Waals surface area contributed by atoms with E-state index in [0.29, 0.717) is 6.04 Å². The van der Waals surface area contributed by atoms with Gasteiger partial charge in [-0.2, -0.15) is 0 Å². The summed E-state index contributed by atoms with van der Waals surface area (Å²) < 4.78 is 12.2. The van der Waals surface area contributed by atoms with Crippen LogP contribution in [0.5, 0.6) is 17.2 Å². The predicted molar refractivity (Wildman–Crippen MR) is 103 cm³/mol. The fourth-order valence-electron chi connectivity index (χ4n) is 4.93. The molecule has 3 aliphatic rings. The Hall–Kier alpha value is -2.52. The molecule has 1 heterocycles. The quantitative estimate of drug-likeness (QED) is 0.886. The van der Waals surface area contributed by atoms with Crippen molar-refractivity contribution in [3.63, 3.8) is 0 Å². The third-order valence-corrected chi connectivity index (χ3v) is 6.04. The van der Waals surface area contributed by atoms with Crippen molar-refractivity contribution in [1.82, 2.24) is 5.32 Å². The van der Waals surface area contributed by atoms with E-state index in [9.17, 15) is 0 Å². The first-order valence-electron chi connectivity index (χ1n) is 9.36. The Bertz CT molecular complexity index is 900. The minimum absolute atomic E-state index is 0.0247. The zero-order valence-electron chi connectivity index (χ0n) is 15.0. The number of allylic oxidation sites excluding steroid dienone is 3. The van der Waals surface area contributed by atoms with Crippen molar-refractivity contribution in [1.29, 1.82) is 0 Å². The lowest BCUT2D eigenvalue weighted by Gasteiger charge is -2.50. The highest BCUT2D eigenvalue weighted by atomic mass is 16.5. The molecule has 1 aliphatic heterocycles. The molecule has 0 amide bonds. The van der Waals surface area contributed by atoms with Crippen molar-refractivity contribution in [2.75, 3.05) is 13.7 Å². The van der Waals surface area contributed by atoms with Crippen LogP contribution >= 0.6 is 0 Å². The average Bonchev–Trinajstić information content (AvgIpc) is 2.68. The van der Waals surface area contributed by atoms with Crippen molar-refractivity contribution >= 4 is 0 Å². The fourth-order valence-corrected chi connectivity index (χ4v) is 4.93. The molecule has 2 aromatic rings. The van der Waals surface area contributed by atoms with Gasteiger partial charge < -0.3 is 14.8 Å². The van der Waals surface area contributed by atoms with Gasteiger partial charge in [-0.05, 0) is 55.1 Å². The molecule has 5 rings (SSSR count). The van der Waals surface area contributed by atoms with Crippen LogP contribution in [-0.4, -0.2) is 19.7 Å². The van der Waals surface area contributed by atoms with Crippen LogP contribution in [0.3, 0.4) is 0 Å². The van der Waals surface area contributed by atoms with Crippen LogP contribution < -0.4 is 14.8 Å². The van der Waals surface area contributed by atoms with Crippen LogP contribution in [0.25, 0.3) is 0 Å². The maximum atomic E-state index is 6.44. The minimum Gasteiger partial charge on any atom is -0.493 e. The zero-order chi connectivity index (χ0) is 17.6. The van der Waals surface area contributed by atoms with Gasteiger partial charge >= 0.3 is 0 Å². The largest absolute Gasteiger partial charge is 0.493 e. The van der Waals surface area contributed by atoms with E-state index >= 15 is 0 Å². The van der Waals surface area contributed by atoms with E-state index in [1.165, 1.54) is 16.7 Å². The molecule has 2 aromatic carbocycles. The number of hydrogen-bond donors (Lipinski definition) is 1. The van der Waals surface area contributed by atoms with Gasteiger partial charge in [-0.15, -0.1) is 0 Å². The molecule has 0 spiro atoms. The Labute approximate surface area is 154 Å². The molecular formula is C23H23NO2. The van der Waals surface area contributed by atoms with Gasteiger partial charge in [0.15, 0.2) is 11.5 Å². The van der Waals surface area contributed by atoms with E-state index in [2.05, 4.69) is 35.7 Å². The number of benzene rings is 2. The Morgan fingerprint density at radius 3 is 2.85 bits per heavy atom. The van der Waals surface area contributed by atoms with Gasteiger partial charge in [0, 0.05) is 17.0 Å². The number of para-hydroxylation sites is 1. The third-order valence-electron chi connectivity index (χ3n) is 6.04. The number of fused-ring (bicyclic) bond motifs is 1. The first-order valence-corrected chi connectivity index (χ1v) is 9.36. The summed E-state index contributed by atoms with van der Waals surface area (Å²) in [4.78, 5) is 0. The van der Waals surface area contributed by atoms with Crippen molar-refractivity contribution < 1.29 is 9.47 Å². The highest BCUT2D eigenvalue weighted by Crippen LogP contribution is 2.55. The van der Waals surface area contributed by atoms with Crippen LogP contribution in [0.2, 0.25) is 0 Å². The molecule has 0 aromatic heterocycles. The summed E-state index contributed by atoms with van der Waals surface area (Å²) in [5.41, 5.74) is 4.23. The van der Waals surface area contributed by atoms with E-state index < -0.39 is 0 Å². The maximum Gasteiger partial charge on any atom is 0.173 e. The summed E-state index contributed by atoms with van der Waals surface area (Å²) >= 11 is 0. The summed E-state index contributed by atoms with van der Waals surface area (Å²) in [6.07, 6.45) is 9.94. The molecule has 1 saturated heterocycles. The lowest BCUT2D eigenvalue weighted by Crippen LogP contribution is -2.53. The minimum atomic E-state index is 0.0247. The molecule has 132 valence electrons. The molecule has 2 atom stereocenters. The third kappa shape index (κ3) is 2.24. The lowest BCUT2D eigenvalue weighted by atomic mass is 9.58. The average molecular weight is 345 g/mol. The highest BCUT2D eigenvalue weighted by molar-refractivity contribution is 5.63. The first kappa shape index (κ1) is 15.7. The monoisotopic (exact) mass is 345 g/mol. The van der Waals surface area contributed by atoms with E-state index in [4.69, 9.17) is 9.47 Å². The van der Waals surface area contributed by atoms with Crippen molar-refractivity contribution in [3.8, 4) is 17.2 Å². The molecule has 2 aliphatic carbocycles. The summed E-state index contributed by atoms with van der Waals surface area (Å²) in [6.45, 7) is 1.04. The molecule has 3 heteroatoms. The molecule has 1 fully saturated rings. The van der Waals surface area contributed by atoms with Gasteiger partial charge in [0.25, 0.3) is 0 Å². The summed E-state index contributed by atoms with van der Waals surface area (Å²) in [6, 6.07) is 14.7. The van der Waals surface area contributed by atoms with Gasteiger partial charge in [0.1, 0.15) is 5.75 Å². The molecule has 3 nitrogen and oxygen atoms in total. The molecular weight excluding hydrogens is 322 g/mol. The van der Waals surface area contributed by atoms with Crippen molar-refractivity contribution in [2.24, 2.45) is 0 Å². The molecule has 1 N–H and O–H groups in total. The predicted octanol–water partition coefficient (Wildman–Crippen LogP) is 4.53. The zero-order valence-corrected chi connectivity index (χ0v) is 15.0. The number of rotatable bonds is 3. The Morgan fingerprint density at radius 2 is 2.00 bits per heavy atom. The number of nitrogens with one attached hydrogen (secondary N) is 1. The lowest BCUT2D eigenvalue weighted by molar-refractivity contribution is 0.303. The second-order valence-electron chi connectivity index (χ2n) is 7.34. The van der Waals surface area contributed by atoms with Crippen LogP contribution in [0.1, 0.15) is 24.0 Å². The van der Waals surface area contributed by atoms with Gasteiger partial charge in [-0.25, -0.2) is 0 Å². The summed E-state index contributed by atoms with van der Waals surface area (Å²) in [5.74, 6) is 2.55. The second kappa shape index (κ2) is 6.03. The molecule has 2 bridgehead atoms. The van der Waals surface area contributed by atoms with Crippen LogP contribution in [-0.2, 0) is 11.8 Å².